The van der Waals surface area contributed by atoms with Gasteiger partial charge in [-0.05, 0) is 44.0 Å². The molecule has 0 unspecified atom stereocenters. The van der Waals surface area contributed by atoms with E-state index in [1.165, 1.54) is 11.6 Å². The summed E-state index contributed by atoms with van der Waals surface area (Å²) in [6.07, 6.45) is 3.79. The Labute approximate surface area is 182 Å². The number of carbonyl (C=O) groups is 2. The minimum Gasteiger partial charge on any atom is -0.496 e. The Morgan fingerprint density at radius 3 is 2.45 bits per heavy atom. The van der Waals surface area contributed by atoms with E-state index in [1.54, 1.807) is 13.2 Å². The molecule has 160 valence electrons. The highest BCUT2D eigenvalue weighted by molar-refractivity contribution is 6.00. The van der Waals surface area contributed by atoms with Gasteiger partial charge in [-0.15, -0.1) is 0 Å². The average Bonchev–Trinajstić information content (AvgIpc) is 3.08. The van der Waals surface area contributed by atoms with Crippen LogP contribution in [0.5, 0.6) is 5.75 Å². The van der Waals surface area contributed by atoms with Crippen molar-refractivity contribution in [3.05, 3.63) is 94.8 Å². The molecule has 0 saturated heterocycles. The molecule has 2 aromatic carbocycles. The summed E-state index contributed by atoms with van der Waals surface area (Å²) in [4.78, 5) is 24.7. The fourth-order valence-corrected chi connectivity index (χ4v) is 3.54. The Morgan fingerprint density at radius 1 is 1.00 bits per heavy atom. The lowest BCUT2D eigenvalue weighted by atomic mass is 10.1. The van der Waals surface area contributed by atoms with Crippen LogP contribution in [0.2, 0.25) is 0 Å². The number of para-hydroxylation sites is 1. The Morgan fingerprint density at radius 2 is 1.71 bits per heavy atom. The maximum absolute atomic E-state index is 12.6. The van der Waals surface area contributed by atoms with Gasteiger partial charge < -0.3 is 14.0 Å². The summed E-state index contributed by atoms with van der Waals surface area (Å²) in [5.41, 5.74) is 4.50. The van der Waals surface area contributed by atoms with Gasteiger partial charge in [-0.25, -0.2) is 4.79 Å². The molecule has 3 rings (SSSR count). The van der Waals surface area contributed by atoms with Crippen LogP contribution in [0.1, 0.15) is 32.9 Å². The molecule has 0 aliphatic heterocycles. The van der Waals surface area contributed by atoms with Gasteiger partial charge in [0.2, 0.25) is 5.78 Å². The molecule has 0 atom stereocenters. The molecule has 0 aliphatic rings. The van der Waals surface area contributed by atoms with E-state index >= 15 is 0 Å². The number of esters is 1. The summed E-state index contributed by atoms with van der Waals surface area (Å²) in [7, 11) is 1.57. The molecule has 0 fully saturated rings. The highest BCUT2D eigenvalue weighted by Crippen LogP contribution is 2.19. The van der Waals surface area contributed by atoms with Crippen molar-refractivity contribution in [2.45, 2.75) is 26.8 Å². The molecule has 1 aromatic heterocycles. The molecule has 0 amide bonds. The van der Waals surface area contributed by atoms with Crippen LogP contribution in [0.25, 0.3) is 6.08 Å². The topological polar surface area (TPSA) is 57.5 Å². The van der Waals surface area contributed by atoms with E-state index in [9.17, 15) is 9.59 Å². The standard InChI is InChI=1S/C26H27NO4/c1-19-17-23(20(2)27(19)16-15-21-9-5-4-6-10-21)24(28)18-31-26(29)14-13-22-11-7-8-12-25(22)30-3/h4-14,17H,15-16,18H2,1-3H3/b14-13+. The first-order valence-corrected chi connectivity index (χ1v) is 10.2. The Balaban J connectivity index is 1.59. The van der Waals surface area contributed by atoms with Crippen molar-refractivity contribution in [1.29, 1.82) is 0 Å². The molecule has 0 spiro atoms. The maximum Gasteiger partial charge on any atom is 0.331 e. The molecule has 3 aromatic rings. The summed E-state index contributed by atoms with van der Waals surface area (Å²) in [5.74, 6) is -0.124. The molecule has 0 N–H and O–H groups in total. The van der Waals surface area contributed by atoms with Crippen LogP contribution in [-0.4, -0.2) is 30.0 Å². The van der Waals surface area contributed by atoms with Crippen molar-refractivity contribution in [2.24, 2.45) is 0 Å². The van der Waals surface area contributed by atoms with Gasteiger partial charge in [0.05, 0.1) is 7.11 Å². The number of ketones is 1. The lowest BCUT2D eigenvalue weighted by molar-refractivity contribution is -0.136. The summed E-state index contributed by atoms with van der Waals surface area (Å²) in [6, 6.07) is 19.4. The quantitative estimate of drug-likeness (QED) is 0.285. The fourth-order valence-electron chi connectivity index (χ4n) is 3.54. The Kier molecular flexibility index (Phi) is 7.44. The van der Waals surface area contributed by atoms with Crippen molar-refractivity contribution in [2.75, 3.05) is 13.7 Å². The van der Waals surface area contributed by atoms with Crippen LogP contribution < -0.4 is 4.74 Å². The molecular weight excluding hydrogens is 390 g/mol. The number of hydrogen-bond donors (Lipinski definition) is 0. The van der Waals surface area contributed by atoms with Crippen molar-refractivity contribution in [3.8, 4) is 5.75 Å². The third kappa shape index (κ3) is 5.72. The van der Waals surface area contributed by atoms with Crippen molar-refractivity contribution < 1.29 is 19.1 Å². The molecule has 5 heteroatoms. The second-order valence-corrected chi connectivity index (χ2v) is 7.28. The number of Topliss-reactive ketones (excluding diaryl/α,β-unsaturated/α-hetero) is 1. The zero-order valence-electron chi connectivity index (χ0n) is 18.1. The van der Waals surface area contributed by atoms with E-state index in [0.717, 1.165) is 29.9 Å². The summed E-state index contributed by atoms with van der Waals surface area (Å²) < 4.78 is 12.5. The molecular formula is C26H27NO4. The number of aryl methyl sites for hydroxylation is 2. The zero-order valence-corrected chi connectivity index (χ0v) is 18.1. The van der Waals surface area contributed by atoms with Crippen molar-refractivity contribution >= 4 is 17.8 Å². The zero-order chi connectivity index (χ0) is 22.2. The van der Waals surface area contributed by atoms with Gasteiger partial charge >= 0.3 is 5.97 Å². The first-order chi connectivity index (χ1) is 15.0. The number of ether oxygens (including phenoxy) is 2. The molecule has 1 heterocycles. The van der Waals surface area contributed by atoms with Crippen molar-refractivity contribution in [1.82, 2.24) is 4.57 Å². The van der Waals surface area contributed by atoms with Crippen molar-refractivity contribution in [3.63, 3.8) is 0 Å². The van der Waals surface area contributed by atoms with E-state index in [0.29, 0.717) is 11.3 Å². The van der Waals surface area contributed by atoms with Gasteiger partial charge in [-0.3, -0.25) is 4.79 Å². The minimum absolute atomic E-state index is 0.210. The molecule has 31 heavy (non-hydrogen) atoms. The number of carbonyl (C=O) groups excluding carboxylic acids is 2. The van der Waals surface area contributed by atoms with Crippen LogP contribution >= 0.6 is 0 Å². The van der Waals surface area contributed by atoms with Gasteiger partial charge in [0.1, 0.15) is 5.75 Å². The largest absolute Gasteiger partial charge is 0.496 e. The van der Waals surface area contributed by atoms with E-state index < -0.39 is 5.97 Å². The minimum atomic E-state index is -0.572. The maximum atomic E-state index is 12.6. The molecule has 0 saturated carbocycles. The third-order valence-electron chi connectivity index (χ3n) is 5.22. The predicted octanol–water partition coefficient (Wildman–Crippen LogP) is 4.80. The lowest BCUT2D eigenvalue weighted by Gasteiger charge is -2.10. The number of aromatic nitrogens is 1. The first-order valence-electron chi connectivity index (χ1n) is 10.2. The molecule has 0 bridgehead atoms. The number of hydrogen-bond acceptors (Lipinski definition) is 4. The van der Waals surface area contributed by atoms with E-state index in [2.05, 4.69) is 16.7 Å². The van der Waals surface area contributed by atoms with E-state index in [-0.39, 0.29) is 12.4 Å². The summed E-state index contributed by atoms with van der Waals surface area (Å²) in [5, 5.41) is 0. The second kappa shape index (κ2) is 10.4. The normalized spacial score (nSPS) is 10.9. The van der Waals surface area contributed by atoms with E-state index in [1.807, 2.05) is 62.4 Å². The Hall–Kier alpha value is -3.60. The highest BCUT2D eigenvalue weighted by atomic mass is 16.5. The monoisotopic (exact) mass is 417 g/mol. The molecule has 5 nitrogen and oxygen atoms in total. The number of methoxy groups -OCH3 is 1. The van der Waals surface area contributed by atoms with Crippen LogP contribution in [0, 0.1) is 13.8 Å². The molecule has 0 radical (unpaired) electrons. The number of rotatable bonds is 9. The second-order valence-electron chi connectivity index (χ2n) is 7.28. The Bertz CT molecular complexity index is 1080. The smallest absolute Gasteiger partial charge is 0.331 e. The number of benzene rings is 2. The highest BCUT2D eigenvalue weighted by Gasteiger charge is 2.17. The van der Waals surface area contributed by atoms with E-state index in [4.69, 9.17) is 9.47 Å². The van der Waals surface area contributed by atoms with Crippen LogP contribution in [0.3, 0.4) is 0 Å². The summed E-state index contributed by atoms with van der Waals surface area (Å²) in [6.45, 7) is 4.40. The SMILES string of the molecule is COc1ccccc1/C=C/C(=O)OCC(=O)c1cc(C)n(CCc2ccccc2)c1C. The third-order valence-corrected chi connectivity index (χ3v) is 5.22. The van der Waals surface area contributed by atoms with Gasteiger partial charge in [-0.2, -0.15) is 0 Å². The number of nitrogens with zero attached hydrogens (tertiary/aromatic N) is 1. The first kappa shape index (κ1) is 22.1. The fraction of sp³-hybridized carbons (Fsp3) is 0.231. The predicted molar refractivity (Wildman–Crippen MR) is 121 cm³/mol. The van der Waals surface area contributed by atoms with Gasteiger partial charge in [0, 0.05) is 35.1 Å². The van der Waals surface area contributed by atoms with Gasteiger partial charge in [0.25, 0.3) is 0 Å². The lowest BCUT2D eigenvalue weighted by Crippen LogP contribution is -2.14. The van der Waals surface area contributed by atoms with Crippen LogP contribution in [-0.2, 0) is 22.5 Å². The average molecular weight is 418 g/mol. The van der Waals surface area contributed by atoms with Crippen LogP contribution in [0.4, 0.5) is 0 Å². The van der Waals surface area contributed by atoms with Crippen LogP contribution in [0.15, 0.2) is 66.7 Å². The van der Waals surface area contributed by atoms with Gasteiger partial charge in [0.15, 0.2) is 6.61 Å². The molecule has 0 aliphatic carbocycles. The van der Waals surface area contributed by atoms with Gasteiger partial charge in [-0.1, -0.05) is 48.5 Å². The summed E-state index contributed by atoms with van der Waals surface area (Å²) >= 11 is 0.